The second-order valence-corrected chi connectivity index (χ2v) is 19.3. The van der Waals surface area contributed by atoms with Crippen LogP contribution in [0.15, 0.2) is 36.5 Å². The number of amides is 1. The summed E-state index contributed by atoms with van der Waals surface area (Å²) in [6.45, 7) is 4.06. The molecule has 0 fully saturated rings. The van der Waals surface area contributed by atoms with Gasteiger partial charge in [-0.2, -0.15) is 0 Å². The first-order valence-corrected chi connectivity index (χ1v) is 27.9. The maximum Gasteiger partial charge on any atom is 0.249 e. The van der Waals surface area contributed by atoms with Crippen molar-refractivity contribution in [2.75, 3.05) is 6.61 Å². The van der Waals surface area contributed by atoms with Crippen LogP contribution in [0, 0.1) is 0 Å². The van der Waals surface area contributed by atoms with Gasteiger partial charge in [0.1, 0.15) is 12.2 Å². The Balaban J connectivity index is 3.66. The van der Waals surface area contributed by atoms with Crippen LogP contribution in [0.1, 0.15) is 290 Å². The lowest BCUT2D eigenvalue weighted by Crippen LogP contribution is -2.53. The minimum Gasteiger partial charge on any atom is -0.394 e. The molecule has 63 heavy (non-hydrogen) atoms. The molecule has 0 aromatic carbocycles. The SMILES string of the molecule is CCCCCCCCCCCC/C=C/CC/C=C/CCCC(O)C(O)C(CO)NC(=O)C(O)CCCCCCCCCCCCCC/C=C\CCCCCCCCCCCCCC. The van der Waals surface area contributed by atoms with E-state index in [1.54, 1.807) is 0 Å². The second-order valence-electron chi connectivity index (χ2n) is 19.3. The van der Waals surface area contributed by atoms with E-state index in [2.05, 4.69) is 55.6 Å². The standard InChI is InChI=1S/C57H109NO5/c1-3-5-7-9-11-13-15-17-19-21-23-24-25-26-27-28-29-30-31-33-35-37-39-41-43-45-47-49-51-55(61)57(63)58-53(52-59)56(62)54(60)50-48-46-44-42-40-38-36-34-32-22-20-18-16-14-12-10-8-6-4-2/h26-27,34,36,42,44,53-56,59-62H,3-25,28-33,35,37-41,43,45-52H2,1-2H3,(H,58,63)/b27-26-,36-34+,44-42+. The van der Waals surface area contributed by atoms with E-state index in [0.29, 0.717) is 19.3 Å². The van der Waals surface area contributed by atoms with Crippen molar-refractivity contribution >= 4 is 5.91 Å². The first-order valence-electron chi connectivity index (χ1n) is 27.9. The molecule has 0 rings (SSSR count). The van der Waals surface area contributed by atoms with E-state index in [9.17, 15) is 25.2 Å². The molecule has 0 aromatic rings. The van der Waals surface area contributed by atoms with Crippen LogP contribution in [0.4, 0.5) is 0 Å². The van der Waals surface area contributed by atoms with Crippen molar-refractivity contribution in [3.63, 3.8) is 0 Å². The Morgan fingerprint density at radius 2 is 0.667 bits per heavy atom. The van der Waals surface area contributed by atoms with Crippen LogP contribution in [-0.2, 0) is 4.79 Å². The van der Waals surface area contributed by atoms with Crippen LogP contribution < -0.4 is 5.32 Å². The fraction of sp³-hybridized carbons (Fsp3) is 0.877. The van der Waals surface area contributed by atoms with Crippen LogP contribution in [0.2, 0.25) is 0 Å². The average Bonchev–Trinajstić information content (AvgIpc) is 3.29. The van der Waals surface area contributed by atoms with Gasteiger partial charge in [0.25, 0.3) is 0 Å². The lowest BCUT2D eigenvalue weighted by molar-refractivity contribution is -0.132. The van der Waals surface area contributed by atoms with Crippen LogP contribution in [0.25, 0.3) is 0 Å². The molecule has 0 aliphatic carbocycles. The van der Waals surface area contributed by atoms with Gasteiger partial charge in [-0.15, -0.1) is 0 Å². The van der Waals surface area contributed by atoms with Crippen molar-refractivity contribution in [1.82, 2.24) is 5.32 Å². The van der Waals surface area contributed by atoms with Gasteiger partial charge in [-0.1, -0.05) is 249 Å². The first-order chi connectivity index (χ1) is 31.0. The van der Waals surface area contributed by atoms with Crippen molar-refractivity contribution in [2.45, 2.75) is 314 Å². The first kappa shape index (κ1) is 61.5. The maximum absolute atomic E-state index is 12.6. The maximum atomic E-state index is 12.6. The Hall–Kier alpha value is -1.47. The van der Waals surface area contributed by atoms with Crippen LogP contribution in [0.3, 0.4) is 0 Å². The molecule has 0 saturated heterocycles. The number of rotatable bonds is 51. The fourth-order valence-corrected chi connectivity index (χ4v) is 8.65. The average molecular weight is 889 g/mol. The highest BCUT2D eigenvalue weighted by Crippen LogP contribution is 2.17. The number of nitrogens with one attached hydrogen (secondary N) is 1. The molecule has 0 aliphatic rings. The zero-order valence-corrected chi connectivity index (χ0v) is 42.1. The molecular weight excluding hydrogens is 779 g/mol. The van der Waals surface area contributed by atoms with Gasteiger partial charge in [0.2, 0.25) is 5.91 Å². The molecule has 0 radical (unpaired) electrons. The smallest absolute Gasteiger partial charge is 0.249 e. The summed E-state index contributed by atoms with van der Waals surface area (Å²) in [5.41, 5.74) is 0. The minimum atomic E-state index is -1.29. The van der Waals surface area contributed by atoms with Gasteiger partial charge >= 0.3 is 0 Å². The van der Waals surface area contributed by atoms with Gasteiger partial charge in [-0.05, 0) is 77.0 Å². The van der Waals surface area contributed by atoms with Gasteiger partial charge in [0, 0.05) is 0 Å². The van der Waals surface area contributed by atoms with Gasteiger partial charge in [0.15, 0.2) is 0 Å². The van der Waals surface area contributed by atoms with Gasteiger partial charge in [-0.3, -0.25) is 4.79 Å². The van der Waals surface area contributed by atoms with Crippen molar-refractivity contribution in [1.29, 1.82) is 0 Å². The molecule has 0 heterocycles. The van der Waals surface area contributed by atoms with Gasteiger partial charge in [-0.25, -0.2) is 0 Å². The molecule has 4 atom stereocenters. The normalized spacial score (nSPS) is 14.1. The van der Waals surface area contributed by atoms with Crippen LogP contribution >= 0.6 is 0 Å². The largest absolute Gasteiger partial charge is 0.394 e. The molecule has 4 unspecified atom stereocenters. The highest BCUT2D eigenvalue weighted by molar-refractivity contribution is 5.80. The number of hydrogen-bond acceptors (Lipinski definition) is 5. The summed E-state index contributed by atoms with van der Waals surface area (Å²) in [7, 11) is 0. The number of aliphatic hydroxyl groups excluding tert-OH is 4. The third kappa shape index (κ3) is 45.5. The van der Waals surface area contributed by atoms with E-state index in [-0.39, 0.29) is 0 Å². The number of aliphatic hydroxyl groups is 4. The van der Waals surface area contributed by atoms with E-state index in [1.807, 2.05) is 0 Å². The summed E-state index contributed by atoms with van der Waals surface area (Å²) in [5.74, 6) is -0.595. The third-order valence-corrected chi connectivity index (χ3v) is 13.1. The monoisotopic (exact) mass is 888 g/mol. The van der Waals surface area contributed by atoms with Crippen molar-refractivity contribution in [3.05, 3.63) is 36.5 Å². The third-order valence-electron chi connectivity index (χ3n) is 13.1. The zero-order chi connectivity index (χ0) is 45.9. The molecule has 1 amide bonds. The molecule has 372 valence electrons. The number of unbranched alkanes of at least 4 members (excludes halogenated alkanes) is 36. The Morgan fingerprint density at radius 3 is 1.00 bits per heavy atom. The Kier molecular flexibility index (Phi) is 50.3. The lowest BCUT2D eigenvalue weighted by atomic mass is 10.00. The summed E-state index contributed by atoms with van der Waals surface area (Å²) >= 11 is 0. The van der Waals surface area contributed by atoms with Crippen LogP contribution in [-0.4, -0.2) is 57.3 Å². The molecule has 6 nitrogen and oxygen atoms in total. The van der Waals surface area contributed by atoms with Gasteiger partial charge in [0.05, 0.1) is 18.8 Å². The number of hydrogen-bond donors (Lipinski definition) is 5. The molecule has 0 aromatic heterocycles. The van der Waals surface area contributed by atoms with Crippen molar-refractivity contribution < 1.29 is 25.2 Å². The Bertz CT molecular complexity index is 997. The highest BCUT2D eigenvalue weighted by Gasteiger charge is 2.28. The summed E-state index contributed by atoms with van der Waals surface area (Å²) in [6, 6.07) is -1.01. The van der Waals surface area contributed by atoms with E-state index >= 15 is 0 Å². The molecular formula is C57H109NO5. The van der Waals surface area contributed by atoms with E-state index in [1.165, 1.54) is 218 Å². The molecule has 6 heteroatoms. The van der Waals surface area contributed by atoms with Crippen LogP contribution in [0.5, 0.6) is 0 Å². The summed E-state index contributed by atoms with van der Waals surface area (Å²) in [4.78, 5) is 12.6. The summed E-state index contributed by atoms with van der Waals surface area (Å²) in [5, 5.41) is 43.9. The predicted octanol–water partition coefficient (Wildman–Crippen LogP) is 16.0. The molecule has 0 bridgehead atoms. The predicted molar refractivity (Wildman–Crippen MR) is 274 cm³/mol. The van der Waals surface area contributed by atoms with Crippen molar-refractivity contribution in [3.8, 4) is 0 Å². The lowest BCUT2D eigenvalue weighted by Gasteiger charge is -2.27. The fourth-order valence-electron chi connectivity index (χ4n) is 8.65. The summed E-state index contributed by atoms with van der Waals surface area (Å²) < 4.78 is 0. The molecule has 0 spiro atoms. The molecule has 0 saturated carbocycles. The zero-order valence-electron chi connectivity index (χ0n) is 42.1. The quantitative estimate of drug-likeness (QED) is 0.0309. The Morgan fingerprint density at radius 1 is 0.381 bits per heavy atom. The van der Waals surface area contributed by atoms with E-state index in [4.69, 9.17) is 0 Å². The molecule has 5 N–H and O–H groups in total. The van der Waals surface area contributed by atoms with Gasteiger partial charge < -0.3 is 25.7 Å². The van der Waals surface area contributed by atoms with Crippen molar-refractivity contribution in [2.24, 2.45) is 0 Å². The topological polar surface area (TPSA) is 110 Å². The van der Waals surface area contributed by atoms with E-state index in [0.717, 1.165) is 38.5 Å². The number of carbonyl (C=O) groups is 1. The highest BCUT2D eigenvalue weighted by atomic mass is 16.3. The second kappa shape index (κ2) is 51.5. The van der Waals surface area contributed by atoms with E-state index < -0.39 is 36.9 Å². The number of carbonyl (C=O) groups excluding carboxylic acids is 1. The molecule has 0 aliphatic heterocycles. The number of allylic oxidation sites excluding steroid dienone is 6. The summed E-state index contributed by atoms with van der Waals surface area (Å²) in [6.07, 6.45) is 63.6. The Labute approximate surface area is 392 Å². The minimum absolute atomic E-state index is 0.360.